The highest BCUT2D eigenvalue weighted by atomic mass is 32.2. The van der Waals surface area contributed by atoms with Crippen LogP contribution in [-0.2, 0) is 11.2 Å². The van der Waals surface area contributed by atoms with E-state index < -0.39 is 0 Å². The van der Waals surface area contributed by atoms with Crippen LogP contribution >= 0.6 is 11.8 Å². The Morgan fingerprint density at radius 1 is 1.07 bits per heavy atom. The number of para-hydroxylation sites is 1. The van der Waals surface area contributed by atoms with Crippen molar-refractivity contribution in [2.75, 3.05) is 12.3 Å². The maximum Gasteiger partial charge on any atom is 0.230 e. The summed E-state index contributed by atoms with van der Waals surface area (Å²) in [6, 6.07) is 18.0. The molecule has 136 valence electrons. The SMILES string of the molecule is O=C(CSc1n[nH]c(-c2ccccc2)n1)NCCc1c[nH]c2ccccc12. The molecular formula is C20H19N5OS. The first-order chi connectivity index (χ1) is 13.3. The van der Waals surface area contributed by atoms with Crippen molar-refractivity contribution in [3.8, 4) is 11.4 Å². The second-order valence-electron chi connectivity index (χ2n) is 6.08. The molecule has 0 bridgehead atoms. The van der Waals surface area contributed by atoms with Crippen molar-refractivity contribution < 1.29 is 4.79 Å². The van der Waals surface area contributed by atoms with E-state index in [4.69, 9.17) is 0 Å². The van der Waals surface area contributed by atoms with E-state index in [9.17, 15) is 4.79 Å². The van der Waals surface area contributed by atoms with Crippen LogP contribution in [0.4, 0.5) is 0 Å². The Kier molecular flexibility index (Phi) is 5.20. The van der Waals surface area contributed by atoms with Gasteiger partial charge in [0.2, 0.25) is 11.1 Å². The Morgan fingerprint density at radius 3 is 2.78 bits per heavy atom. The number of carbonyl (C=O) groups excluding carboxylic acids is 1. The highest BCUT2D eigenvalue weighted by Gasteiger charge is 2.09. The van der Waals surface area contributed by atoms with E-state index >= 15 is 0 Å². The number of carbonyl (C=O) groups is 1. The third-order valence-electron chi connectivity index (χ3n) is 4.24. The summed E-state index contributed by atoms with van der Waals surface area (Å²) >= 11 is 1.32. The number of rotatable bonds is 7. The third-order valence-corrected chi connectivity index (χ3v) is 5.08. The number of thioether (sulfide) groups is 1. The lowest BCUT2D eigenvalue weighted by Gasteiger charge is -2.03. The number of fused-ring (bicyclic) bond motifs is 1. The van der Waals surface area contributed by atoms with Crippen molar-refractivity contribution in [1.29, 1.82) is 0 Å². The van der Waals surface area contributed by atoms with Gasteiger partial charge in [-0.1, -0.05) is 60.3 Å². The average Bonchev–Trinajstić information content (AvgIpc) is 3.35. The number of hydrogen-bond acceptors (Lipinski definition) is 4. The number of aromatic amines is 2. The zero-order chi connectivity index (χ0) is 18.5. The molecule has 6 nitrogen and oxygen atoms in total. The molecule has 2 heterocycles. The van der Waals surface area contributed by atoms with Gasteiger partial charge in [0.25, 0.3) is 0 Å². The minimum Gasteiger partial charge on any atom is -0.361 e. The lowest BCUT2D eigenvalue weighted by atomic mass is 10.1. The molecule has 0 atom stereocenters. The Labute approximate surface area is 160 Å². The molecule has 4 aromatic rings. The zero-order valence-corrected chi connectivity index (χ0v) is 15.4. The van der Waals surface area contributed by atoms with Crippen LogP contribution < -0.4 is 5.32 Å². The monoisotopic (exact) mass is 377 g/mol. The molecule has 0 spiro atoms. The number of nitrogens with one attached hydrogen (secondary N) is 3. The lowest BCUT2D eigenvalue weighted by Crippen LogP contribution is -2.27. The van der Waals surface area contributed by atoms with Gasteiger partial charge in [0.05, 0.1) is 5.75 Å². The second-order valence-corrected chi connectivity index (χ2v) is 7.02. The first kappa shape index (κ1) is 17.4. The number of nitrogens with zero attached hydrogens (tertiary/aromatic N) is 2. The summed E-state index contributed by atoms with van der Waals surface area (Å²) in [6.45, 7) is 0.602. The first-order valence-corrected chi connectivity index (χ1v) is 9.70. The van der Waals surface area contributed by atoms with Gasteiger partial charge in [0, 0.05) is 29.2 Å². The fraction of sp³-hybridized carbons (Fsp3) is 0.150. The largest absolute Gasteiger partial charge is 0.361 e. The molecule has 0 saturated heterocycles. The van der Waals surface area contributed by atoms with Gasteiger partial charge >= 0.3 is 0 Å². The van der Waals surface area contributed by atoms with Gasteiger partial charge in [-0.05, 0) is 18.1 Å². The van der Waals surface area contributed by atoms with Gasteiger partial charge in [0.1, 0.15) is 0 Å². The van der Waals surface area contributed by atoms with Crippen molar-refractivity contribution in [3.05, 3.63) is 66.4 Å². The van der Waals surface area contributed by atoms with E-state index in [1.165, 1.54) is 22.7 Å². The topological polar surface area (TPSA) is 86.5 Å². The molecule has 0 aliphatic heterocycles. The fourth-order valence-electron chi connectivity index (χ4n) is 2.89. The maximum absolute atomic E-state index is 12.1. The number of benzene rings is 2. The van der Waals surface area contributed by atoms with E-state index in [-0.39, 0.29) is 5.91 Å². The summed E-state index contributed by atoms with van der Waals surface area (Å²) < 4.78 is 0. The van der Waals surface area contributed by atoms with E-state index in [0.29, 0.717) is 23.3 Å². The Morgan fingerprint density at radius 2 is 1.89 bits per heavy atom. The van der Waals surface area contributed by atoms with Gasteiger partial charge in [-0.25, -0.2) is 4.98 Å². The average molecular weight is 377 g/mol. The molecule has 0 radical (unpaired) electrons. The first-order valence-electron chi connectivity index (χ1n) is 8.72. The molecular weight excluding hydrogens is 358 g/mol. The quantitative estimate of drug-likeness (QED) is 0.431. The van der Waals surface area contributed by atoms with Crippen LogP contribution in [0.25, 0.3) is 22.3 Å². The summed E-state index contributed by atoms with van der Waals surface area (Å²) in [6.07, 6.45) is 2.80. The number of aromatic nitrogens is 4. The number of amides is 1. The van der Waals surface area contributed by atoms with Crippen LogP contribution in [0.2, 0.25) is 0 Å². The molecule has 7 heteroatoms. The normalized spacial score (nSPS) is 11.0. The number of H-pyrrole nitrogens is 2. The molecule has 0 aliphatic rings. The summed E-state index contributed by atoms with van der Waals surface area (Å²) in [5.41, 5.74) is 3.30. The van der Waals surface area contributed by atoms with Crippen LogP contribution in [0.5, 0.6) is 0 Å². The Hall–Kier alpha value is -3.06. The van der Waals surface area contributed by atoms with E-state index in [1.807, 2.05) is 48.7 Å². The van der Waals surface area contributed by atoms with Crippen LogP contribution in [0, 0.1) is 0 Å². The predicted molar refractivity (Wildman–Crippen MR) is 108 cm³/mol. The third kappa shape index (κ3) is 4.20. The Bertz CT molecular complexity index is 1040. The molecule has 1 amide bonds. The van der Waals surface area contributed by atoms with E-state index in [0.717, 1.165) is 17.5 Å². The lowest BCUT2D eigenvalue weighted by molar-refractivity contribution is -0.118. The van der Waals surface area contributed by atoms with Crippen molar-refractivity contribution in [3.63, 3.8) is 0 Å². The molecule has 0 fully saturated rings. The smallest absolute Gasteiger partial charge is 0.230 e. The van der Waals surface area contributed by atoms with Gasteiger partial charge < -0.3 is 10.3 Å². The summed E-state index contributed by atoms with van der Waals surface area (Å²) in [4.78, 5) is 19.8. The molecule has 27 heavy (non-hydrogen) atoms. The number of hydrogen-bond donors (Lipinski definition) is 3. The van der Waals surface area contributed by atoms with Crippen LogP contribution in [0.1, 0.15) is 5.56 Å². The fourth-order valence-corrected chi connectivity index (χ4v) is 3.52. The molecule has 4 rings (SSSR count). The van der Waals surface area contributed by atoms with Crippen LogP contribution in [0.15, 0.2) is 66.0 Å². The molecule has 0 saturated carbocycles. The second kappa shape index (κ2) is 8.09. The summed E-state index contributed by atoms with van der Waals surface area (Å²) in [5, 5.41) is 11.8. The standard InChI is InChI=1S/C20H19N5OS/c26-18(21-11-10-15-12-22-17-9-5-4-8-16(15)17)13-27-20-23-19(24-25-20)14-6-2-1-3-7-14/h1-9,12,22H,10-11,13H2,(H,21,26)(H,23,24,25). The van der Waals surface area contributed by atoms with E-state index in [2.05, 4.69) is 37.6 Å². The van der Waals surface area contributed by atoms with Crippen molar-refractivity contribution in [2.45, 2.75) is 11.6 Å². The van der Waals surface area contributed by atoms with Gasteiger partial charge in [-0.2, -0.15) is 0 Å². The molecule has 2 aromatic heterocycles. The minimum absolute atomic E-state index is 0.0223. The summed E-state index contributed by atoms with van der Waals surface area (Å²) in [7, 11) is 0. The van der Waals surface area contributed by atoms with Crippen molar-refractivity contribution in [2.24, 2.45) is 0 Å². The van der Waals surface area contributed by atoms with Gasteiger partial charge in [-0.3, -0.25) is 9.89 Å². The van der Waals surface area contributed by atoms with Crippen molar-refractivity contribution in [1.82, 2.24) is 25.5 Å². The van der Waals surface area contributed by atoms with Crippen LogP contribution in [0.3, 0.4) is 0 Å². The maximum atomic E-state index is 12.1. The highest BCUT2D eigenvalue weighted by molar-refractivity contribution is 7.99. The van der Waals surface area contributed by atoms with E-state index in [1.54, 1.807) is 0 Å². The van der Waals surface area contributed by atoms with Gasteiger partial charge in [0.15, 0.2) is 5.82 Å². The molecule has 2 aromatic carbocycles. The highest BCUT2D eigenvalue weighted by Crippen LogP contribution is 2.19. The molecule has 0 unspecified atom stereocenters. The van der Waals surface area contributed by atoms with Gasteiger partial charge in [-0.15, -0.1) is 5.10 Å². The minimum atomic E-state index is -0.0223. The molecule has 3 N–H and O–H groups in total. The Balaban J connectivity index is 1.25. The van der Waals surface area contributed by atoms with Crippen molar-refractivity contribution >= 4 is 28.6 Å². The zero-order valence-electron chi connectivity index (χ0n) is 14.6. The summed E-state index contributed by atoms with van der Waals surface area (Å²) in [5.74, 6) is 0.976. The molecule has 0 aliphatic carbocycles. The predicted octanol–water partition coefficient (Wildman–Crippen LogP) is 3.40. The van der Waals surface area contributed by atoms with Crippen LogP contribution in [-0.4, -0.2) is 38.4 Å².